The van der Waals surface area contributed by atoms with Gasteiger partial charge in [-0.2, -0.15) is 5.10 Å². The number of hydrazine groups is 1. The van der Waals surface area contributed by atoms with Gasteiger partial charge in [0, 0.05) is 69.1 Å². The third-order valence-electron chi connectivity index (χ3n) is 5.49. The van der Waals surface area contributed by atoms with Crippen molar-refractivity contribution in [1.82, 2.24) is 24.7 Å². The van der Waals surface area contributed by atoms with Gasteiger partial charge in [0.15, 0.2) is 0 Å². The summed E-state index contributed by atoms with van der Waals surface area (Å²) in [7, 11) is 0. The molecule has 4 rings (SSSR count). The van der Waals surface area contributed by atoms with Crippen LogP contribution in [0.4, 0.5) is 0 Å². The second kappa shape index (κ2) is 7.85. The molecular weight excluding hydrogens is 354 g/mol. The van der Waals surface area contributed by atoms with Crippen LogP contribution >= 0.6 is 0 Å². The molecule has 7 nitrogen and oxygen atoms in total. The first-order valence-corrected chi connectivity index (χ1v) is 9.98. The first-order chi connectivity index (χ1) is 13.5. The summed E-state index contributed by atoms with van der Waals surface area (Å²) in [5, 5.41) is 8.49. The highest BCUT2D eigenvalue weighted by Gasteiger charge is 2.34. The number of amides is 1. The van der Waals surface area contributed by atoms with Gasteiger partial charge >= 0.3 is 5.91 Å². The zero-order valence-corrected chi connectivity index (χ0v) is 16.5. The van der Waals surface area contributed by atoms with Crippen molar-refractivity contribution >= 4 is 11.7 Å². The maximum Gasteiger partial charge on any atom is 0.304 e. The quantitative estimate of drug-likeness (QED) is 0.741. The Morgan fingerprint density at radius 2 is 1.71 bits per heavy atom. The van der Waals surface area contributed by atoms with E-state index in [0.717, 1.165) is 44.0 Å². The molecule has 148 valence electrons. The van der Waals surface area contributed by atoms with Gasteiger partial charge in [-0.25, -0.2) is 5.01 Å². The molecule has 2 aliphatic heterocycles. The number of rotatable bonds is 5. The molecule has 2 saturated heterocycles. The number of nitrogens with zero attached hydrogens (tertiary/aromatic N) is 5. The zero-order valence-electron chi connectivity index (χ0n) is 16.5. The molecule has 0 unspecified atom stereocenters. The van der Waals surface area contributed by atoms with Gasteiger partial charge in [0.25, 0.3) is 0 Å². The number of hydrogen-bond acceptors (Lipinski definition) is 5. The summed E-state index contributed by atoms with van der Waals surface area (Å²) in [6.45, 7) is 8.88. The molecule has 0 aliphatic carbocycles. The Morgan fingerprint density at radius 3 is 2.32 bits per heavy atom. The Hall–Kier alpha value is -2.51. The normalized spacial score (nSPS) is 19.2. The number of benzene rings is 1. The minimum absolute atomic E-state index is 0.268. The minimum Gasteiger partial charge on any atom is -0.296 e. The molecule has 0 bridgehead atoms. The largest absolute Gasteiger partial charge is 0.304 e. The number of carbonyl (C=O) groups excluding carboxylic acids is 2. The highest BCUT2D eigenvalue weighted by Crippen LogP contribution is 2.25. The molecule has 3 heterocycles. The van der Waals surface area contributed by atoms with Gasteiger partial charge in [-0.05, 0) is 13.8 Å². The van der Waals surface area contributed by atoms with Crippen molar-refractivity contribution < 1.29 is 9.59 Å². The molecule has 0 saturated carbocycles. The third kappa shape index (κ3) is 3.72. The van der Waals surface area contributed by atoms with E-state index in [0.29, 0.717) is 19.0 Å². The van der Waals surface area contributed by atoms with Crippen molar-refractivity contribution in [2.24, 2.45) is 0 Å². The fourth-order valence-corrected chi connectivity index (χ4v) is 3.86. The molecule has 2 fully saturated rings. The molecule has 0 radical (unpaired) electrons. The van der Waals surface area contributed by atoms with Gasteiger partial charge in [-0.3, -0.25) is 24.2 Å². The fourth-order valence-electron chi connectivity index (χ4n) is 3.86. The molecule has 1 amide bonds. The molecule has 0 atom stereocenters. The number of aromatic nitrogens is 2. The number of hydrogen-bond donors (Lipinski definition) is 0. The van der Waals surface area contributed by atoms with Crippen molar-refractivity contribution in [2.75, 3.05) is 32.7 Å². The van der Waals surface area contributed by atoms with E-state index in [1.807, 2.05) is 27.9 Å². The van der Waals surface area contributed by atoms with Gasteiger partial charge in [0.2, 0.25) is 5.78 Å². The average molecular weight is 381 g/mol. The summed E-state index contributed by atoms with van der Waals surface area (Å²) < 4.78 is 2.03. The predicted octanol–water partition coefficient (Wildman–Crippen LogP) is 1.96. The minimum atomic E-state index is -0.349. The number of piperazine rings is 1. The molecule has 1 aromatic carbocycles. The van der Waals surface area contributed by atoms with Crippen LogP contribution in [0, 0.1) is 0 Å². The van der Waals surface area contributed by atoms with Crippen LogP contribution in [0.25, 0.3) is 11.3 Å². The Bertz CT molecular complexity index is 853. The first-order valence-electron chi connectivity index (χ1n) is 9.98. The van der Waals surface area contributed by atoms with Crippen molar-refractivity contribution in [2.45, 2.75) is 32.9 Å². The lowest BCUT2D eigenvalue weighted by atomic mass is 10.1. The van der Waals surface area contributed by atoms with Crippen molar-refractivity contribution in [1.29, 1.82) is 0 Å². The lowest BCUT2D eigenvalue weighted by Gasteiger charge is -2.38. The van der Waals surface area contributed by atoms with E-state index in [1.165, 1.54) is 5.56 Å². The molecule has 28 heavy (non-hydrogen) atoms. The average Bonchev–Trinajstić information content (AvgIpc) is 3.27. The molecule has 1 aromatic heterocycles. The Kier molecular flexibility index (Phi) is 5.28. The SMILES string of the molecule is CC(C)n1cc(CN2CCN(N3CCC(=O)C3=O)CC2)c(-c2ccccc2)n1. The first kappa shape index (κ1) is 18.8. The smallest absolute Gasteiger partial charge is 0.296 e. The van der Waals surface area contributed by atoms with Crippen LogP contribution in [-0.2, 0) is 16.1 Å². The van der Waals surface area contributed by atoms with Gasteiger partial charge in [0.1, 0.15) is 0 Å². The summed E-state index contributed by atoms with van der Waals surface area (Å²) in [6, 6.07) is 10.6. The van der Waals surface area contributed by atoms with Crippen LogP contribution in [0.5, 0.6) is 0 Å². The van der Waals surface area contributed by atoms with Gasteiger partial charge < -0.3 is 0 Å². The topological polar surface area (TPSA) is 61.7 Å². The number of ketones is 1. The van der Waals surface area contributed by atoms with E-state index < -0.39 is 0 Å². The van der Waals surface area contributed by atoms with E-state index in [1.54, 1.807) is 5.01 Å². The highest BCUT2D eigenvalue weighted by molar-refractivity contribution is 6.37. The van der Waals surface area contributed by atoms with Crippen molar-refractivity contribution in [3.8, 4) is 11.3 Å². The maximum atomic E-state index is 12.0. The van der Waals surface area contributed by atoms with Crippen molar-refractivity contribution in [3.63, 3.8) is 0 Å². The van der Waals surface area contributed by atoms with Gasteiger partial charge in [-0.1, -0.05) is 30.3 Å². The third-order valence-corrected chi connectivity index (χ3v) is 5.49. The number of Topliss-reactive ketones (excluding diaryl/α,β-unsaturated/α-hetero) is 1. The van der Waals surface area contributed by atoms with E-state index in [9.17, 15) is 9.59 Å². The predicted molar refractivity (Wildman–Crippen MR) is 106 cm³/mol. The van der Waals surface area contributed by atoms with Gasteiger partial charge in [0.05, 0.1) is 5.69 Å². The lowest BCUT2D eigenvalue weighted by molar-refractivity contribution is -0.152. The number of carbonyl (C=O) groups is 2. The monoisotopic (exact) mass is 381 g/mol. The standard InChI is InChI=1S/C21H27N5O2/c1-16(2)25-15-18(20(22-25)17-6-4-3-5-7-17)14-23-10-12-24(13-11-23)26-9-8-19(27)21(26)28/h3-7,15-16H,8-14H2,1-2H3. The summed E-state index contributed by atoms with van der Waals surface area (Å²) in [4.78, 5) is 25.9. The van der Waals surface area contributed by atoms with E-state index in [-0.39, 0.29) is 11.7 Å². The Morgan fingerprint density at radius 1 is 1.00 bits per heavy atom. The fraction of sp³-hybridized carbons (Fsp3) is 0.476. The van der Waals surface area contributed by atoms with Crippen molar-refractivity contribution in [3.05, 3.63) is 42.1 Å². The molecule has 2 aliphatic rings. The van der Waals surface area contributed by atoms with Crippen LogP contribution < -0.4 is 0 Å². The molecule has 0 spiro atoms. The van der Waals surface area contributed by atoms with Crippen LogP contribution in [-0.4, -0.2) is 69.1 Å². The summed E-state index contributed by atoms with van der Waals surface area (Å²) in [5.74, 6) is -0.617. The Labute approximate surface area is 165 Å². The van der Waals surface area contributed by atoms with E-state index in [4.69, 9.17) is 5.10 Å². The second-order valence-corrected chi connectivity index (χ2v) is 7.77. The van der Waals surface area contributed by atoms with Crippen LogP contribution in [0.1, 0.15) is 31.9 Å². The molecular formula is C21H27N5O2. The summed E-state index contributed by atoms with van der Waals surface area (Å²) >= 11 is 0. The van der Waals surface area contributed by atoms with Crippen LogP contribution in [0.3, 0.4) is 0 Å². The molecule has 2 aromatic rings. The maximum absolute atomic E-state index is 12.0. The van der Waals surface area contributed by atoms with E-state index >= 15 is 0 Å². The molecule has 7 heteroatoms. The zero-order chi connectivity index (χ0) is 19.7. The lowest BCUT2D eigenvalue weighted by Crippen LogP contribution is -2.54. The van der Waals surface area contributed by atoms with E-state index in [2.05, 4.69) is 37.1 Å². The van der Waals surface area contributed by atoms with Gasteiger partial charge in [-0.15, -0.1) is 0 Å². The van der Waals surface area contributed by atoms with Crippen LogP contribution in [0.2, 0.25) is 0 Å². The van der Waals surface area contributed by atoms with Crippen LogP contribution in [0.15, 0.2) is 36.5 Å². The second-order valence-electron chi connectivity index (χ2n) is 7.77. The Balaban J connectivity index is 1.45. The molecule has 0 N–H and O–H groups in total. The summed E-state index contributed by atoms with van der Waals surface area (Å²) in [6.07, 6.45) is 2.50. The highest BCUT2D eigenvalue weighted by atomic mass is 16.2. The summed E-state index contributed by atoms with van der Waals surface area (Å²) in [5.41, 5.74) is 3.40.